The van der Waals surface area contributed by atoms with Crippen LogP contribution in [0.2, 0.25) is 5.02 Å². The first-order valence-corrected chi connectivity index (χ1v) is 6.67. The Morgan fingerprint density at radius 1 is 1.22 bits per heavy atom. The highest BCUT2D eigenvalue weighted by molar-refractivity contribution is 6.32. The first kappa shape index (κ1) is 15.1. The molecule has 1 rings (SSSR count). The molecular formula is C14H22ClNO2. The summed E-state index contributed by atoms with van der Waals surface area (Å²) in [7, 11) is 3.27. The van der Waals surface area contributed by atoms with Gasteiger partial charge in [0.2, 0.25) is 0 Å². The van der Waals surface area contributed by atoms with Crippen molar-refractivity contribution in [3.63, 3.8) is 0 Å². The van der Waals surface area contributed by atoms with Crippen molar-refractivity contribution in [1.29, 1.82) is 0 Å². The molecule has 2 N–H and O–H groups in total. The van der Waals surface area contributed by atoms with Gasteiger partial charge in [-0.1, -0.05) is 18.5 Å². The van der Waals surface area contributed by atoms with Crippen LogP contribution in [0.1, 0.15) is 37.7 Å². The molecule has 0 aliphatic carbocycles. The van der Waals surface area contributed by atoms with Crippen LogP contribution in [-0.4, -0.2) is 20.8 Å². The lowest BCUT2D eigenvalue weighted by Gasteiger charge is -2.19. The molecule has 3 nitrogen and oxygen atoms in total. The van der Waals surface area contributed by atoms with E-state index in [0.29, 0.717) is 23.2 Å². The number of benzene rings is 1. The zero-order chi connectivity index (χ0) is 13.5. The first-order valence-electron chi connectivity index (χ1n) is 6.29. The number of methoxy groups -OCH3 is 2. The predicted molar refractivity (Wildman–Crippen MR) is 75.9 cm³/mol. The fourth-order valence-corrected chi connectivity index (χ4v) is 2.40. The Hall–Kier alpha value is -0.930. The molecule has 0 fully saturated rings. The maximum atomic E-state index is 6.19. The van der Waals surface area contributed by atoms with E-state index in [9.17, 15) is 0 Å². The number of rotatable bonds is 7. The van der Waals surface area contributed by atoms with E-state index >= 15 is 0 Å². The van der Waals surface area contributed by atoms with Gasteiger partial charge in [0.05, 0.1) is 19.2 Å². The second kappa shape index (κ2) is 7.49. The van der Waals surface area contributed by atoms with Gasteiger partial charge in [-0.2, -0.15) is 0 Å². The van der Waals surface area contributed by atoms with Gasteiger partial charge in [-0.15, -0.1) is 0 Å². The van der Waals surface area contributed by atoms with Crippen molar-refractivity contribution in [3.8, 4) is 11.5 Å². The summed E-state index contributed by atoms with van der Waals surface area (Å²) < 4.78 is 10.6. The molecule has 1 unspecified atom stereocenters. The van der Waals surface area contributed by atoms with Gasteiger partial charge < -0.3 is 15.2 Å². The molecule has 0 aromatic heterocycles. The van der Waals surface area contributed by atoms with E-state index in [1.165, 1.54) is 0 Å². The summed E-state index contributed by atoms with van der Waals surface area (Å²) in [4.78, 5) is 0. The van der Waals surface area contributed by atoms with Crippen LogP contribution in [0.15, 0.2) is 12.1 Å². The average molecular weight is 272 g/mol. The van der Waals surface area contributed by atoms with Crippen LogP contribution in [0.25, 0.3) is 0 Å². The molecule has 1 atom stereocenters. The van der Waals surface area contributed by atoms with Crippen LogP contribution < -0.4 is 15.2 Å². The number of hydrogen-bond donors (Lipinski definition) is 1. The predicted octanol–water partition coefficient (Wildman–Crippen LogP) is 3.59. The van der Waals surface area contributed by atoms with Crippen molar-refractivity contribution in [2.75, 3.05) is 20.8 Å². The first-order chi connectivity index (χ1) is 8.67. The molecule has 0 heterocycles. The molecule has 102 valence electrons. The molecule has 18 heavy (non-hydrogen) atoms. The molecule has 0 radical (unpaired) electrons. The topological polar surface area (TPSA) is 44.5 Å². The lowest BCUT2D eigenvalue weighted by Crippen LogP contribution is -2.05. The molecule has 0 spiro atoms. The smallest absolute Gasteiger partial charge is 0.141 e. The van der Waals surface area contributed by atoms with Gasteiger partial charge in [0.15, 0.2) is 0 Å². The highest BCUT2D eigenvalue weighted by Crippen LogP contribution is 2.38. The third kappa shape index (κ3) is 3.53. The molecule has 1 aromatic rings. The maximum Gasteiger partial charge on any atom is 0.141 e. The number of hydrogen-bond acceptors (Lipinski definition) is 3. The van der Waals surface area contributed by atoms with Crippen LogP contribution in [0, 0.1) is 0 Å². The van der Waals surface area contributed by atoms with Crippen molar-refractivity contribution in [2.45, 2.75) is 32.1 Å². The zero-order valence-corrected chi connectivity index (χ0v) is 12.1. The fourth-order valence-electron chi connectivity index (χ4n) is 2.15. The molecule has 1 aromatic carbocycles. The van der Waals surface area contributed by atoms with Gasteiger partial charge in [-0.25, -0.2) is 0 Å². The van der Waals surface area contributed by atoms with Crippen molar-refractivity contribution in [3.05, 3.63) is 22.7 Å². The third-order valence-electron chi connectivity index (χ3n) is 3.19. The molecule has 0 bridgehead atoms. The standard InChI is InChI=1S/C14H22ClNO2/c1-4-10(6-5-7-16)11-8-12(15)14(18-3)9-13(11)17-2/h8-10H,4-7,16H2,1-3H3. The van der Waals surface area contributed by atoms with E-state index in [1.54, 1.807) is 14.2 Å². The zero-order valence-electron chi connectivity index (χ0n) is 11.3. The fraction of sp³-hybridized carbons (Fsp3) is 0.571. The largest absolute Gasteiger partial charge is 0.496 e. The molecule has 4 heteroatoms. The maximum absolute atomic E-state index is 6.19. The minimum atomic E-state index is 0.423. The number of halogens is 1. The normalized spacial score (nSPS) is 12.3. The monoisotopic (exact) mass is 271 g/mol. The van der Waals surface area contributed by atoms with Crippen LogP contribution in [0.3, 0.4) is 0 Å². The van der Waals surface area contributed by atoms with Gasteiger partial charge in [0, 0.05) is 6.07 Å². The minimum absolute atomic E-state index is 0.423. The minimum Gasteiger partial charge on any atom is -0.496 e. The summed E-state index contributed by atoms with van der Waals surface area (Å²) in [6.07, 6.45) is 3.09. The van der Waals surface area contributed by atoms with Gasteiger partial charge in [0.25, 0.3) is 0 Å². The number of nitrogens with two attached hydrogens (primary N) is 1. The van der Waals surface area contributed by atoms with Crippen molar-refractivity contribution < 1.29 is 9.47 Å². The summed E-state index contributed by atoms with van der Waals surface area (Å²) in [5.41, 5.74) is 6.72. The van der Waals surface area contributed by atoms with Crippen LogP contribution in [0.4, 0.5) is 0 Å². The second-order valence-electron chi connectivity index (χ2n) is 4.26. The van der Waals surface area contributed by atoms with Gasteiger partial charge in [-0.3, -0.25) is 0 Å². The Morgan fingerprint density at radius 2 is 1.89 bits per heavy atom. The van der Waals surface area contributed by atoms with Crippen molar-refractivity contribution in [1.82, 2.24) is 0 Å². The average Bonchev–Trinajstić information content (AvgIpc) is 2.40. The summed E-state index contributed by atoms with van der Waals surface area (Å²) in [5.74, 6) is 1.90. The van der Waals surface area contributed by atoms with Crippen LogP contribution in [-0.2, 0) is 0 Å². The van der Waals surface area contributed by atoms with E-state index in [2.05, 4.69) is 6.92 Å². The van der Waals surface area contributed by atoms with Crippen LogP contribution in [0.5, 0.6) is 11.5 Å². The molecule has 0 aliphatic heterocycles. The molecule has 0 saturated carbocycles. The van der Waals surface area contributed by atoms with Gasteiger partial charge >= 0.3 is 0 Å². The van der Waals surface area contributed by atoms with E-state index in [1.807, 2.05) is 12.1 Å². The molecule has 0 aliphatic rings. The van der Waals surface area contributed by atoms with Gasteiger partial charge in [0.1, 0.15) is 11.5 Å². The summed E-state index contributed by atoms with van der Waals surface area (Å²) in [6.45, 7) is 2.88. The highest BCUT2D eigenvalue weighted by Gasteiger charge is 2.17. The third-order valence-corrected chi connectivity index (χ3v) is 3.49. The summed E-state index contributed by atoms with van der Waals surface area (Å²) >= 11 is 6.19. The Morgan fingerprint density at radius 3 is 2.39 bits per heavy atom. The Balaban J connectivity index is 3.08. The van der Waals surface area contributed by atoms with E-state index in [0.717, 1.165) is 30.6 Å². The summed E-state index contributed by atoms with van der Waals surface area (Å²) in [6, 6.07) is 3.80. The number of ether oxygens (including phenoxy) is 2. The van der Waals surface area contributed by atoms with Crippen molar-refractivity contribution in [2.24, 2.45) is 5.73 Å². The molecule has 0 saturated heterocycles. The quantitative estimate of drug-likeness (QED) is 0.824. The highest BCUT2D eigenvalue weighted by atomic mass is 35.5. The second-order valence-corrected chi connectivity index (χ2v) is 4.67. The van der Waals surface area contributed by atoms with Crippen LogP contribution >= 0.6 is 11.6 Å². The lowest BCUT2D eigenvalue weighted by atomic mass is 9.91. The molecular weight excluding hydrogens is 250 g/mol. The van der Waals surface area contributed by atoms with E-state index < -0.39 is 0 Å². The van der Waals surface area contributed by atoms with E-state index in [4.69, 9.17) is 26.8 Å². The van der Waals surface area contributed by atoms with E-state index in [-0.39, 0.29) is 0 Å². The Labute approximate surface area is 114 Å². The Bertz CT molecular complexity index is 382. The molecule has 0 amide bonds. The Kier molecular flexibility index (Phi) is 6.30. The SMILES string of the molecule is CCC(CCCN)c1cc(Cl)c(OC)cc1OC. The van der Waals surface area contributed by atoms with Gasteiger partial charge in [-0.05, 0) is 43.4 Å². The summed E-state index contributed by atoms with van der Waals surface area (Å²) in [5, 5.41) is 0.625. The lowest BCUT2D eigenvalue weighted by molar-refractivity contribution is 0.386. The van der Waals surface area contributed by atoms with Crippen molar-refractivity contribution >= 4 is 11.6 Å².